The topological polar surface area (TPSA) is 26.3 Å². The molecule has 0 saturated heterocycles. The predicted octanol–water partition coefficient (Wildman–Crippen LogP) is 19.3. The van der Waals surface area contributed by atoms with Crippen LogP contribution in [0.25, 0.3) is 121 Å². The molecule has 0 N–H and O–H groups in total. The fourth-order valence-electron chi connectivity index (χ4n) is 11.3. The zero-order valence-corrected chi connectivity index (χ0v) is 39.2. The molecule has 2 heterocycles. The number of benzene rings is 10. The van der Waals surface area contributed by atoms with Crippen molar-refractivity contribution in [2.45, 2.75) is 80.1 Å². The van der Waals surface area contributed by atoms with Gasteiger partial charge < -0.3 is 8.83 Å². The molecular weight excluding hydrogens is 801 g/mol. The summed E-state index contributed by atoms with van der Waals surface area (Å²) in [5, 5.41) is 11.7. The Hall–Kier alpha value is -7.16. The summed E-state index contributed by atoms with van der Waals surface area (Å²) in [4.78, 5) is 0. The van der Waals surface area contributed by atoms with Gasteiger partial charge in [0.2, 0.25) is 0 Å². The van der Waals surface area contributed by atoms with Gasteiger partial charge in [-0.2, -0.15) is 0 Å². The van der Waals surface area contributed by atoms with Gasteiger partial charge in [-0.15, -0.1) is 0 Å². The van der Waals surface area contributed by atoms with Crippen molar-refractivity contribution in [3.05, 3.63) is 179 Å². The smallest absolute Gasteiger partial charge is 0.143 e. The van der Waals surface area contributed by atoms with Gasteiger partial charge in [-0.25, -0.2) is 0 Å². The first kappa shape index (κ1) is 40.4. The molecule has 12 rings (SSSR count). The molecule has 0 aliphatic heterocycles. The Bertz CT molecular complexity index is 3630. The van der Waals surface area contributed by atoms with Crippen LogP contribution in [-0.2, 0) is 0 Å². The van der Waals surface area contributed by atoms with Crippen LogP contribution in [0.5, 0.6) is 0 Å². The van der Waals surface area contributed by atoms with Crippen molar-refractivity contribution in [1.82, 2.24) is 0 Å². The number of fused-ring (bicyclic) bond motifs is 8. The van der Waals surface area contributed by atoms with Crippen LogP contribution in [0.1, 0.15) is 85.8 Å². The molecule has 2 atom stereocenters. The molecule has 0 bridgehead atoms. The van der Waals surface area contributed by atoms with Gasteiger partial charge in [-0.05, 0) is 190 Å². The van der Waals surface area contributed by atoms with Crippen LogP contribution in [-0.4, -0.2) is 0 Å². The van der Waals surface area contributed by atoms with E-state index in [4.69, 9.17) is 8.83 Å². The van der Waals surface area contributed by atoms with Crippen LogP contribution in [0.15, 0.2) is 154 Å². The largest absolute Gasteiger partial charge is 0.455 e. The summed E-state index contributed by atoms with van der Waals surface area (Å²) >= 11 is 0. The summed E-state index contributed by atoms with van der Waals surface area (Å²) in [6.07, 6.45) is 2.22. The van der Waals surface area contributed by atoms with Crippen molar-refractivity contribution in [3.63, 3.8) is 0 Å². The minimum atomic E-state index is 0.500. The molecule has 10 aromatic carbocycles. The molecule has 66 heavy (non-hydrogen) atoms. The molecule has 2 unspecified atom stereocenters. The van der Waals surface area contributed by atoms with Gasteiger partial charge in [0.1, 0.15) is 22.3 Å². The monoisotopic (exact) mass is 854 g/mol. The Morgan fingerprint density at radius 2 is 0.742 bits per heavy atom. The zero-order valence-electron chi connectivity index (χ0n) is 39.2. The Kier molecular flexibility index (Phi) is 9.30. The maximum atomic E-state index is 7.21. The highest BCUT2D eigenvalue weighted by molar-refractivity contribution is 6.38. The number of furan rings is 2. The third kappa shape index (κ3) is 6.07. The first-order valence-corrected chi connectivity index (χ1v) is 23.9. The minimum absolute atomic E-state index is 0.500. The number of rotatable bonds is 8. The molecule has 0 saturated carbocycles. The van der Waals surface area contributed by atoms with E-state index in [-0.39, 0.29) is 0 Å². The highest BCUT2D eigenvalue weighted by Crippen LogP contribution is 2.52. The Balaban J connectivity index is 1.22. The van der Waals surface area contributed by atoms with Crippen molar-refractivity contribution in [3.8, 4) is 44.5 Å². The first-order chi connectivity index (χ1) is 32.1. The van der Waals surface area contributed by atoms with E-state index in [9.17, 15) is 0 Å². The minimum Gasteiger partial charge on any atom is -0.455 e. The molecule has 2 aromatic heterocycles. The maximum absolute atomic E-state index is 7.21. The second kappa shape index (κ2) is 15.2. The number of hydrogen-bond donors (Lipinski definition) is 0. The summed E-state index contributed by atoms with van der Waals surface area (Å²) in [5.74, 6) is 0.999. The molecule has 12 aromatic rings. The number of aryl methyl sites for hydroxylation is 4. The zero-order chi connectivity index (χ0) is 45.1. The Labute approximate surface area is 386 Å². The summed E-state index contributed by atoms with van der Waals surface area (Å²) in [5.41, 5.74) is 21.1. The van der Waals surface area contributed by atoms with E-state index < -0.39 is 0 Å². The van der Waals surface area contributed by atoms with E-state index in [1.165, 1.54) is 99.4 Å². The van der Waals surface area contributed by atoms with Crippen molar-refractivity contribution in [1.29, 1.82) is 0 Å². The molecular formula is C64H54O2. The van der Waals surface area contributed by atoms with Gasteiger partial charge >= 0.3 is 0 Å². The third-order valence-electron chi connectivity index (χ3n) is 15.3. The van der Waals surface area contributed by atoms with E-state index in [1.54, 1.807) is 0 Å². The SMILES string of the molecule is CCC(C)c1cccc(-c2ccc3c(c2)oc2c3cc3c(-c4c(C)cccc4C)cc4c5oc6cc(-c7cccc(C(C)CC)c7)ccc6c5cc5c(-c6c(C)cccc6C)cc2c3c54)c1. The molecule has 0 spiro atoms. The van der Waals surface area contributed by atoms with Crippen LogP contribution in [0.4, 0.5) is 0 Å². The molecule has 322 valence electrons. The van der Waals surface area contributed by atoms with E-state index in [0.29, 0.717) is 11.8 Å². The lowest BCUT2D eigenvalue weighted by Gasteiger charge is -2.21. The highest BCUT2D eigenvalue weighted by atomic mass is 16.3. The molecule has 2 heteroatoms. The average Bonchev–Trinajstić information content (AvgIpc) is 3.90. The summed E-state index contributed by atoms with van der Waals surface area (Å²) < 4.78 is 14.4. The van der Waals surface area contributed by atoms with Crippen LogP contribution >= 0.6 is 0 Å². The second-order valence-electron chi connectivity index (χ2n) is 19.3. The van der Waals surface area contributed by atoms with Crippen molar-refractivity contribution in [2.75, 3.05) is 0 Å². The van der Waals surface area contributed by atoms with E-state index in [2.05, 4.69) is 201 Å². The first-order valence-electron chi connectivity index (χ1n) is 23.9. The third-order valence-corrected chi connectivity index (χ3v) is 15.3. The highest BCUT2D eigenvalue weighted by Gasteiger charge is 2.26. The standard InChI is InChI=1S/C64H54O2/c1-9-35(3)41-19-13-21-43(27-41)45-23-25-47-53-31-51-50(60-39(7)17-12-18-40(60)8)34-56-62-52(49(59-37(5)15-11-16-38(59)6)33-55(61(51)62)63(53)65-57(47)29-45)32-54-48-26-24-46(30-58(48)66-64(54)56)44-22-14-20-42(28-44)36(4)10-2/h11-36H,9-10H2,1-8H3. The maximum Gasteiger partial charge on any atom is 0.143 e. The quantitative estimate of drug-likeness (QED) is 0.142. The lowest BCUT2D eigenvalue weighted by molar-refractivity contribution is 0.672. The van der Waals surface area contributed by atoms with Crippen molar-refractivity contribution >= 4 is 76.2 Å². The van der Waals surface area contributed by atoms with Crippen LogP contribution in [0.2, 0.25) is 0 Å². The van der Waals surface area contributed by atoms with E-state index in [1.807, 2.05) is 0 Å². The lowest BCUT2D eigenvalue weighted by Crippen LogP contribution is -1.96. The van der Waals surface area contributed by atoms with Crippen LogP contribution in [0.3, 0.4) is 0 Å². The van der Waals surface area contributed by atoms with Crippen LogP contribution in [0, 0.1) is 27.7 Å². The molecule has 2 nitrogen and oxygen atoms in total. The second-order valence-corrected chi connectivity index (χ2v) is 19.3. The molecule has 0 aliphatic carbocycles. The molecule has 0 amide bonds. The average molecular weight is 855 g/mol. The summed E-state index contributed by atoms with van der Waals surface area (Å²) in [6, 6.07) is 54.8. The summed E-state index contributed by atoms with van der Waals surface area (Å²) in [6.45, 7) is 18.1. The van der Waals surface area contributed by atoms with Gasteiger partial charge in [0.15, 0.2) is 0 Å². The molecule has 0 radical (unpaired) electrons. The van der Waals surface area contributed by atoms with Crippen molar-refractivity contribution in [2.24, 2.45) is 0 Å². The van der Waals surface area contributed by atoms with E-state index in [0.717, 1.165) is 67.5 Å². The fourth-order valence-corrected chi connectivity index (χ4v) is 11.3. The lowest BCUT2D eigenvalue weighted by atomic mass is 9.81. The van der Waals surface area contributed by atoms with Gasteiger partial charge in [0.05, 0.1) is 0 Å². The van der Waals surface area contributed by atoms with E-state index >= 15 is 0 Å². The molecule has 0 fully saturated rings. The molecule has 0 aliphatic rings. The fraction of sp³-hybridized carbons (Fsp3) is 0.188. The Morgan fingerprint density at radius 1 is 0.364 bits per heavy atom. The van der Waals surface area contributed by atoms with Gasteiger partial charge in [-0.1, -0.05) is 125 Å². The normalized spacial score (nSPS) is 13.2. The van der Waals surface area contributed by atoms with Crippen molar-refractivity contribution < 1.29 is 8.83 Å². The van der Waals surface area contributed by atoms with Gasteiger partial charge in [0, 0.05) is 43.1 Å². The van der Waals surface area contributed by atoms with Gasteiger partial charge in [-0.3, -0.25) is 0 Å². The Morgan fingerprint density at radius 3 is 1.14 bits per heavy atom. The van der Waals surface area contributed by atoms with Gasteiger partial charge in [0.25, 0.3) is 0 Å². The summed E-state index contributed by atoms with van der Waals surface area (Å²) in [7, 11) is 0. The van der Waals surface area contributed by atoms with Crippen LogP contribution < -0.4 is 0 Å². The number of hydrogen-bond acceptors (Lipinski definition) is 2. The predicted molar refractivity (Wildman–Crippen MR) is 283 cm³/mol.